The summed E-state index contributed by atoms with van der Waals surface area (Å²) in [5.41, 5.74) is 6.29. The Bertz CT molecular complexity index is 2530. The highest BCUT2D eigenvalue weighted by Gasteiger charge is 2.32. The molecular formula is C42H41F4N7O5. The first kappa shape index (κ1) is 39.1. The summed E-state index contributed by atoms with van der Waals surface area (Å²) in [7, 11) is 0. The summed E-state index contributed by atoms with van der Waals surface area (Å²) in [5.74, 6) is -1.72. The third-order valence-corrected chi connectivity index (χ3v) is 11.0. The van der Waals surface area contributed by atoms with Crippen LogP contribution in [0.4, 0.5) is 29.1 Å². The lowest BCUT2D eigenvalue weighted by Crippen LogP contribution is -2.29. The molecule has 58 heavy (non-hydrogen) atoms. The van der Waals surface area contributed by atoms with E-state index in [0.29, 0.717) is 73.4 Å². The number of aliphatic carboxylic acids is 1. The Balaban J connectivity index is 1.09. The minimum atomic E-state index is -3.08. The largest absolute Gasteiger partial charge is 0.481 e. The SMILES string of the molecule is Cc1c(Nc2nc(C(F)F)nc3cc(CN4CC[C@@](C)(O)C4)cnc23)cccc1-c1cccc(-c2nc3cc(CN4CCC(C(=O)O)C4)c(OC(F)F)cc3o2)c1C. The molecule has 0 spiro atoms. The molecule has 0 bridgehead atoms. The summed E-state index contributed by atoms with van der Waals surface area (Å²) in [6, 6.07) is 16.0. The Labute approximate surface area is 330 Å². The van der Waals surface area contributed by atoms with Crippen molar-refractivity contribution in [1.29, 1.82) is 0 Å². The van der Waals surface area contributed by atoms with Crippen LogP contribution in [0, 0.1) is 19.8 Å². The predicted octanol–water partition coefficient (Wildman–Crippen LogP) is 8.26. The highest BCUT2D eigenvalue weighted by Crippen LogP contribution is 2.39. The molecule has 302 valence electrons. The van der Waals surface area contributed by atoms with Gasteiger partial charge in [0.15, 0.2) is 17.2 Å². The molecule has 2 atom stereocenters. The number of hydrogen-bond acceptors (Lipinski definition) is 11. The van der Waals surface area contributed by atoms with E-state index in [1.165, 1.54) is 6.07 Å². The second-order valence-electron chi connectivity index (χ2n) is 15.4. The summed E-state index contributed by atoms with van der Waals surface area (Å²) in [6.45, 7) is 5.23. The topological polar surface area (TPSA) is 150 Å². The lowest BCUT2D eigenvalue weighted by Gasteiger charge is -2.19. The second kappa shape index (κ2) is 15.6. The molecule has 12 nitrogen and oxygen atoms in total. The first-order valence-electron chi connectivity index (χ1n) is 18.9. The molecule has 0 aliphatic carbocycles. The highest BCUT2D eigenvalue weighted by atomic mass is 19.3. The predicted molar refractivity (Wildman–Crippen MR) is 208 cm³/mol. The van der Waals surface area contributed by atoms with Gasteiger partial charge in [0.2, 0.25) is 5.89 Å². The number of ether oxygens (including phenoxy) is 1. The van der Waals surface area contributed by atoms with Crippen LogP contribution in [0.25, 0.3) is 44.7 Å². The quantitative estimate of drug-likeness (QED) is 0.102. The van der Waals surface area contributed by atoms with Gasteiger partial charge in [0.25, 0.3) is 6.43 Å². The third kappa shape index (κ3) is 8.04. The number of carboxylic acids is 1. The average Bonchev–Trinajstić information content (AvgIpc) is 3.90. The Morgan fingerprint density at radius 2 is 1.72 bits per heavy atom. The van der Waals surface area contributed by atoms with Crippen molar-refractivity contribution in [3.8, 4) is 28.3 Å². The number of pyridine rings is 1. The van der Waals surface area contributed by atoms with E-state index < -0.39 is 36.3 Å². The fraction of sp³-hybridized carbons (Fsp3) is 0.357. The third-order valence-electron chi connectivity index (χ3n) is 11.0. The van der Waals surface area contributed by atoms with Gasteiger partial charge >= 0.3 is 12.6 Å². The zero-order valence-electron chi connectivity index (χ0n) is 32.0. The molecule has 2 aliphatic heterocycles. The average molecular weight is 800 g/mol. The summed E-state index contributed by atoms with van der Waals surface area (Å²) in [6.07, 6.45) is -0.140. The van der Waals surface area contributed by atoms with Crippen molar-refractivity contribution in [2.24, 2.45) is 5.92 Å². The van der Waals surface area contributed by atoms with E-state index in [1.54, 1.807) is 25.3 Å². The maximum atomic E-state index is 14.1. The van der Waals surface area contributed by atoms with E-state index >= 15 is 0 Å². The lowest BCUT2D eigenvalue weighted by molar-refractivity contribution is -0.141. The van der Waals surface area contributed by atoms with Crippen LogP contribution < -0.4 is 10.1 Å². The molecule has 2 aliphatic rings. The summed E-state index contributed by atoms with van der Waals surface area (Å²) >= 11 is 0. The number of hydrogen-bond donors (Lipinski definition) is 3. The molecule has 5 heterocycles. The molecule has 0 radical (unpaired) electrons. The van der Waals surface area contributed by atoms with Gasteiger partial charge in [0.1, 0.15) is 16.8 Å². The number of benzene rings is 3. The molecule has 2 saturated heterocycles. The van der Waals surface area contributed by atoms with Crippen LogP contribution in [0.2, 0.25) is 0 Å². The van der Waals surface area contributed by atoms with Gasteiger partial charge in [-0.3, -0.25) is 19.6 Å². The van der Waals surface area contributed by atoms with E-state index in [-0.39, 0.29) is 35.1 Å². The summed E-state index contributed by atoms with van der Waals surface area (Å²) in [4.78, 5) is 33.1. The summed E-state index contributed by atoms with van der Waals surface area (Å²) in [5, 5.41) is 23.1. The number of fused-ring (bicyclic) bond motifs is 2. The van der Waals surface area contributed by atoms with Gasteiger partial charge in [-0.25, -0.2) is 23.7 Å². The number of alkyl halides is 4. The van der Waals surface area contributed by atoms with Crippen LogP contribution in [0.5, 0.6) is 5.75 Å². The van der Waals surface area contributed by atoms with Gasteiger partial charge in [-0.1, -0.05) is 24.3 Å². The number of rotatable bonds is 12. The van der Waals surface area contributed by atoms with Crippen molar-refractivity contribution in [3.05, 3.63) is 88.9 Å². The monoisotopic (exact) mass is 799 g/mol. The Morgan fingerprint density at radius 1 is 0.966 bits per heavy atom. The van der Waals surface area contributed by atoms with Gasteiger partial charge in [-0.15, -0.1) is 0 Å². The number of aliphatic hydroxyl groups is 1. The fourth-order valence-electron chi connectivity index (χ4n) is 7.99. The maximum Gasteiger partial charge on any atom is 0.387 e. The smallest absolute Gasteiger partial charge is 0.387 e. The molecule has 1 unspecified atom stereocenters. The number of carboxylic acid groups (broad SMARTS) is 1. The minimum absolute atomic E-state index is 0.0700. The number of nitrogens with one attached hydrogen (secondary N) is 1. The highest BCUT2D eigenvalue weighted by molar-refractivity contribution is 5.89. The maximum absolute atomic E-state index is 14.1. The van der Waals surface area contributed by atoms with Gasteiger partial charge in [-0.2, -0.15) is 8.78 Å². The first-order valence-corrected chi connectivity index (χ1v) is 18.9. The molecule has 8 rings (SSSR count). The first-order chi connectivity index (χ1) is 27.7. The van der Waals surface area contributed by atoms with Crippen LogP contribution in [-0.4, -0.2) is 84.3 Å². The van der Waals surface area contributed by atoms with Gasteiger partial charge in [-0.05, 0) is 92.2 Å². The van der Waals surface area contributed by atoms with Crippen LogP contribution >= 0.6 is 0 Å². The number of nitrogens with zero attached hydrogens (tertiary/aromatic N) is 6. The van der Waals surface area contributed by atoms with Gasteiger partial charge < -0.3 is 24.7 Å². The Hall–Kier alpha value is -5.71. The molecule has 16 heteroatoms. The lowest BCUT2D eigenvalue weighted by atomic mass is 9.93. The fourth-order valence-corrected chi connectivity index (χ4v) is 7.99. The number of aromatic nitrogens is 4. The van der Waals surface area contributed by atoms with Crippen LogP contribution in [0.15, 0.2) is 65.2 Å². The van der Waals surface area contributed by atoms with Crippen LogP contribution in [-0.2, 0) is 17.9 Å². The van der Waals surface area contributed by atoms with Crippen molar-refractivity contribution in [2.75, 3.05) is 31.5 Å². The van der Waals surface area contributed by atoms with E-state index in [4.69, 9.17) is 14.1 Å². The standard InChI is InChI=1S/C42H41F4N7O5/c1-22-27(6-4-8-29(22)39-50-31-15-26(20-52-12-10-25(19-52)40(54)55)33(58-41(45)46)16-34(31)57-39)28-7-5-9-30(23(28)2)48-37-35-32(49-38(51-37)36(43)44)14-24(17-47-35)18-53-13-11-42(3,56)21-53/h4-9,14-17,25,36,41,56H,10-13,18-21H2,1-3H3,(H,54,55)(H,48,49,51)/t25?,42-/m1/s1. The molecule has 0 amide bonds. The Morgan fingerprint density at radius 3 is 2.43 bits per heavy atom. The normalized spacial score (nSPS) is 19.0. The molecule has 3 N–H and O–H groups in total. The second-order valence-corrected chi connectivity index (χ2v) is 15.4. The van der Waals surface area contributed by atoms with Crippen molar-refractivity contribution in [1.82, 2.24) is 29.7 Å². The number of halogens is 4. The number of anilines is 2. The molecule has 3 aromatic heterocycles. The van der Waals surface area contributed by atoms with Crippen molar-refractivity contribution < 1.29 is 41.7 Å². The molecule has 2 fully saturated rings. The zero-order valence-corrected chi connectivity index (χ0v) is 32.0. The van der Waals surface area contributed by atoms with Crippen molar-refractivity contribution in [2.45, 2.75) is 65.3 Å². The minimum Gasteiger partial charge on any atom is -0.481 e. The van der Waals surface area contributed by atoms with Crippen molar-refractivity contribution >= 4 is 39.6 Å². The van der Waals surface area contributed by atoms with Crippen LogP contribution in [0.1, 0.15) is 54.3 Å². The van der Waals surface area contributed by atoms with Gasteiger partial charge in [0, 0.05) is 61.8 Å². The molecule has 3 aromatic carbocycles. The number of β-amino-alcohol motifs (C(OH)–C–C–N with tert-alkyl or cyclic N) is 1. The molecule has 0 saturated carbocycles. The van der Waals surface area contributed by atoms with Gasteiger partial charge in [0.05, 0.1) is 17.0 Å². The zero-order chi connectivity index (χ0) is 40.9. The Kier molecular flexibility index (Phi) is 10.5. The van der Waals surface area contributed by atoms with E-state index in [2.05, 4.69) is 25.2 Å². The van der Waals surface area contributed by atoms with Crippen LogP contribution in [0.3, 0.4) is 0 Å². The number of carbonyl (C=O) groups is 1. The number of likely N-dealkylation sites (tertiary alicyclic amines) is 2. The van der Waals surface area contributed by atoms with Crippen molar-refractivity contribution in [3.63, 3.8) is 0 Å². The number of oxazole rings is 1. The van der Waals surface area contributed by atoms with E-state index in [1.807, 2.05) is 55.1 Å². The van der Waals surface area contributed by atoms with E-state index in [9.17, 15) is 32.6 Å². The van der Waals surface area contributed by atoms with E-state index in [0.717, 1.165) is 27.8 Å². The molecular weight excluding hydrogens is 758 g/mol. The summed E-state index contributed by atoms with van der Waals surface area (Å²) < 4.78 is 66.2. The molecule has 6 aromatic rings.